The SMILES string of the molecule is CC(C)OP(=O)(CC(=O)OCCCCC=O)OC(C)C. The molecule has 0 N–H and O–H groups in total. The van der Waals surface area contributed by atoms with Gasteiger partial charge in [-0.15, -0.1) is 0 Å². The molecule has 0 aromatic heterocycles. The Balaban J connectivity index is 4.25. The van der Waals surface area contributed by atoms with Crippen LogP contribution < -0.4 is 0 Å². The molecule has 0 bridgehead atoms. The number of unbranched alkanes of at least 4 members (excludes halogenated alkanes) is 2. The van der Waals surface area contributed by atoms with Gasteiger partial charge in [-0.1, -0.05) is 0 Å². The number of hydrogen-bond acceptors (Lipinski definition) is 6. The van der Waals surface area contributed by atoms with Gasteiger partial charge in [-0.3, -0.25) is 9.36 Å². The highest BCUT2D eigenvalue weighted by atomic mass is 31.2. The van der Waals surface area contributed by atoms with Crippen molar-refractivity contribution in [3.63, 3.8) is 0 Å². The van der Waals surface area contributed by atoms with Gasteiger partial charge < -0.3 is 18.6 Å². The average Bonchev–Trinajstić information content (AvgIpc) is 2.25. The van der Waals surface area contributed by atoms with Crippen molar-refractivity contribution in [1.82, 2.24) is 0 Å². The maximum absolute atomic E-state index is 12.4. The van der Waals surface area contributed by atoms with Gasteiger partial charge in [0, 0.05) is 6.42 Å². The minimum atomic E-state index is -3.48. The van der Waals surface area contributed by atoms with E-state index in [4.69, 9.17) is 13.8 Å². The average molecular weight is 308 g/mol. The number of rotatable bonds is 11. The van der Waals surface area contributed by atoms with Gasteiger partial charge in [0.15, 0.2) is 0 Å². The third-order valence-corrected chi connectivity index (χ3v) is 4.18. The Morgan fingerprint density at radius 2 is 1.65 bits per heavy atom. The molecule has 0 saturated carbocycles. The first-order chi connectivity index (χ1) is 9.29. The fraction of sp³-hybridized carbons (Fsp3) is 0.846. The summed E-state index contributed by atoms with van der Waals surface area (Å²) >= 11 is 0. The molecule has 20 heavy (non-hydrogen) atoms. The molecule has 0 rings (SSSR count). The topological polar surface area (TPSA) is 78.9 Å². The van der Waals surface area contributed by atoms with Crippen molar-refractivity contribution in [3.8, 4) is 0 Å². The number of carbonyl (C=O) groups is 2. The molecule has 0 aliphatic rings. The predicted octanol–water partition coefficient (Wildman–Crippen LogP) is 2.94. The van der Waals surface area contributed by atoms with Crippen molar-refractivity contribution in [1.29, 1.82) is 0 Å². The molecule has 0 aliphatic heterocycles. The van der Waals surface area contributed by atoms with Crippen molar-refractivity contribution in [2.45, 2.75) is 59.2 Å². The van der Waals surface area contributed by atoms with Gasteiger partial charge in [0.2, 0.25) is 0 Å². The van der Waals surface area contributed by atoms with Crippen molar-refractivity contribution in [2.24, 2.45) is 0 Å². The summed E-state index contributed by atoms with van der Waals surface area (Å²) in [4.78, 5) is 21.7. The fourth-order valence-electron chi connectivity index (χ4n) is 1.46. The molecule has 7 heteroatoms. The number of carbonyl (C=O) groups excluding carboxylic acids is 2. The third-order valence-electron chi connectivity index (χ3n) is 2.04. The Morgan fingerprint density at radius 1 is 1.10 bits per heavy atom. The molecule has 0 aromatic carbocycles. The maximum Gasteiger partial charge on any atom is 0.342 e. The first kappa shape index (κ1) is 19.3. The zero-order valence-electron chi connectivity index (χ0n) is 12.7. The predicted molar refractivity (Wildman–Crippen MR) is 75.8 cm³/mol. The van der Waals surface area contributed by atoms with Crippen LogP contribution in [-0.2, 0) is 27.9 Å². The Kier molecular flexibility index (Phi) is 9.72. The van der Waals surface area contributed by atoms with E-state index in [1.807, 2.05) is 0 Å². The van der Waals surface area contributed by atoms with E-state index in [1.54, 1.807) is 27.7 Å². The molecule has 0 heterocycles. The molecule has 118 valence electrons. The second-order valence-electron chi connectivity index (χ2n) is 4.96. The van der Waals surface area contributed by atoms with E-state index in [0.717, 1.165) is 6.29 Å². The molecule has 0 fully saturated rings. The number of esters is 1. The molecule has 0 atom stereocenters. The summed E-state index contributed by atoms with van der Waals surface area (Å²) < 4.78 is 27.8. The van der Waals surface area contributed by atoms with E-state index in [1.165, 1.54) is 0 Å². The van der Waals surface area contributed by atoms with Crippen LogP contribution in [0.1, 0.15) is 47.0 Å². The summed E-state index contributed by atoms with van der Waals surface area (Å²) in [6, 6.07) is 0. The van der Waals surface area contributed by atoms with E-state index in [-0.39, 0.29) is 18.8 Å². The lowest BCUT2D eigenvalue weighted by atomic mass is 10.3. The monoisotopic (exact) mass is 308 g/mol. The highest BCUT2D eigenvalue weighted by molar-refractivity contribution is 7.54. The summed E-state index contributed by atoms with van der Waals surface area (Å²) in [6.07, 6.45) is 1.53. The van der Waals surface area contributed by atoms with E-state index in [9.17, 15) is 14.2 Å². The molecule has 0 aromatic rings. The Morgan fingerprint density at radius 3 is 2.10 bits per heavy atom. The molecule has 0 amide bonds. The van der Waals surface area contributed by atoms with Crippen molar-refractivity contribution < 1.29 is 27.9 Å². The highest BCUT2D eigenvalue weighted by Crippen LogP contribution is 2.50. The lowest BCUT2D eigenvalue weighted by molar-refractivity contribution is -0.141. The largest absolute Gasteiger partial charge is 0.465 e. The smallest absolute Gasteiger partial charge is 0.342 e. The summed E-state index contributed by atoms with van der Waals surface area (Å²) in [5, 5.41) is 0. The number of ether oxygens (including phenoxy) is 1. The van der Waals surface area contributed by atoms with Gasteiger partial charge in [0.05, 0.1) is 18.8 Å². The van der Waals surface area contributed by atoms with Crippen LogP contribution in [0.2, 0.25) is 0 Å². The van der Waals surface area contributed by atoms with Crippen LogP contribution in [0.25, 0.3) is 0 Å². The lowest BCUT2D eigenvalue weighted by Gasteiger charge is -2.22. The molecular weight excluding hydrogens is 283 g/mol. The summed E-state index contributed by atoms with van der Waals surface area (Å²) in [5.74, 6) is -0.610. The molecule has 0 radical (unpaired) electrons. The molecule has 0 saturated heterocycles. The van der Waals surface area contributed by atoms with Crippen LogP contribution in [0.5, 0.6) is 0 Å². The highest BCUT2D eigenvalue weighted by Gasteiger charge is 2.31. The second-order valence-corrected chi connectivity index (χ2v) is 6.92. The molecule has 0 aliphatic carbocycles. The van der Waals surface area contributed by atoms with Crippen molar-refractivity contribution in [2.75, 3.05) is 12.8 Å². The van der Waals surface area contributed by atoms with E-state index in [0.29, 0.717) is 19.3 Å². The summed E-state index contributed by atoms with van der Waals surface area (Å²) in [6.45, 7) is 7.10. The fourth-order valence-corrected chi connectivity index (χ4v) is 3.35. The van der Waals surface area contributed by atoms with Gasteiger partial charge in [0.1, 0.15) is 12.4 Å². The first-order valence-electron chi connectivity index (χ1n) is 6.84. The molecule has 0 spiro atoms. The lowest BCUT2D eigenvalue weighted by Crippen LogP contribution is -2.17. The number of hydrogen-bond donors (Lipinski definition) is 0. The zero-order valence-corrected chi connectivity index (χ0v) is 13.6. The quantitative estimate of drug-likeness (QED) is 0.253. The van der Waals surface area contributed by atoms with Crippen LogP contribution in [0.4, 0.5) is 0 Å². The van der Waals surface area contributed by atoms with Crippen LogP contribution in [0.15, 0.2) is 0 Å². The van der Waals surface area contributed by atoms with E-state index < -0.39 is 19.7 Å². The minimum Gasteiger partial charge on any atom is -0.465 e. The summed E-state index contributed by atoms with van der Waals surface area (Å²) in [5.41, 5.74) is 0. The van der Waals surface area contributed by atoms with Crippen molar-refractivity contribution in [3.05, 3.63) is 0 Å². The third kappa shape index (κ3) is 10.1. The minimum absolute atomic E-state index is 0.204. The van der Waals surface area contributed by atoms with Crippen LogP contribution in [0.3, 0.4) is 0 Å². The van der Waals surface area contributed by atoms with Gasteiger partial charge in [-0.2, -0.15) is 0 Å². The van der Waals surface area contributed by atoms with Crippen LogP contribution >= 0.6 is 7.60 Å². The Labute approximate surface area is 120 Å². The van der Waals surface area contributed by atoms with Gasteiger partial charge >= 0.3 is 13.6 Å². The standard InChI is InChI=1S/C13H25O6P/c1-11(2)18-20(16,19-12(3)4)10-13(15)17-9-7-5-6-8-14/h8,11-12H,5-7,9-10H2,1-4H3. The molecule has 0 unspecified atom stereocenters. The van der Waals surface area contributed by atoms with Crippen molar-refractivity contribution >= 4 is 19.9 Å². The zero-order chi connectivity index (χ0) is 15.6. The second kappa shape index (κ2) is 10.1. The number of aldehydes is 1. The van der Waals surface area contributed by atoms with E-state index >= 15 is 0 Å². The summed E-state index contributed by atoms with van der Waals surface area (Å²) in [7, 11) is -3.48. The first-order valence-corrected chi connectivity index (χ1v) is 8.57. The molecule has 6 nitrogen and oxygen atoms in total. The van der Waals surface area contributed by atoms with Gasteiger partial charge in [-0.25, -0.2) is 0 Å². The maximum atomic E-state index is 12.4. The van der Waals surface area contributed by atoms with E-state index in [2.05, 4.69) is 0 Å². The Hall–Kier alpha value is -0.710. The van der Waals surface area contributed by atoms with Gasteiger partial charge in [0.25, 0.3) is 0 Å². The van der Waals surface area contributed by atoms with Crippen LogP contribution in [-0.4, -0.2) is 37.2 Å². The normalized spacial score (nSPS) is 11.9. The van der Waals surface area contributed by atoms with Gasteiger partial charge in [-0.05, 0) is 40.5 Å². The van der Waals surface area contributed by atoms with Crippen LogP contribution in [0, 0.1) is 0 Å². The Bertz CT molecular complexity index is 326. The molecular formula is C13H25O6P.